The lowest BCUT2D eigenvalue weighted by molar-refractivity contribution is -0.0704. The lowest BCUT2D eigenvalue weighted by Gasteiger charge is -2.38. The summed E-state index contributed by atoms with van der Waals surface area (Å²) in [7, 11) is 0. The fraction of sp³-hybridized carbons (Fsp3) is 0.692. The molecule has 5 heteroatoms. The van der Waals surface area contributed by atoms with E-state index in [2.05, 4.69) is 21.2 Å². The minimum Gasteiger partial charge on any atom is -0.453 e. The van der Waals surface area contributed by atoms with Crippen LogP contribution in [0.4, 0.5) is 0 Å². The highest BCUT2D eigenvalue weighted by atomic mass is 79.9. The van der Waals surface area contributed by atoms with Crippen LogP contribution in [0.15, 0.2) is 21.2 Å². The van der Waals surface area contributed by atoms with Gasteiger partial charge in [-0.1, -0.05) is 0 Å². The molecule has 2 saturated heterocycles. The lowest BCUT2D eigenvalue weighted by Crippen LogP contribution is -2.47. The fourth-order valence-electron chi connectivity index (χ4n) is 2.76. The van der Waals surface area contributed by atoms with Gasteiger partial charge < -0.3 is 14.5 Å². The van der Waals surface area contributed by atoms with E-state index in [1.54, 1.807) is 0 Å². The molecule has 1 N–H and O–H groups in total. The molecule has 3 rings (SSSR count). The maximum Gasteiger partial charge on any atom is 0.169 e. The maximum atomic E-state index is 6.02. The van der Waals surface area contributed by atoms with Crippen molar-refractivity contribution in [3.8, 4) is 0 Å². The van der Waals surface area contributed by atoms with Crippen LogP contribution in [-0.2, 0) is 11.3 Å². The molecule has 2 aliphatic heterocycles. The number of halogens is 1. The molecule has 18 heavy (non-hydrogen) atoms. The van der Waals surface area contributed by atoms with Gasteiger partial charge in [-0.3, -0.25) is 0 Å². The van der Waals surface area contributed by atoms with Crippen LogP contribution in [0.3, 0.4) is 0 Å². The first-order chi connectivity index (χ1) is 8.76. The van der Waals surface area contributed by atoms with Crippen molar-refractivity contribution >= 4 is 27.7 Å². The van der Waals surface area contributed by atoms with Crippen molar-refractivity contribution in [2.45, 2.75) is 37.5 Å². The van der Waals surface area contributed by atoms with Crippen LogP contribution in [0, 0.1) is 0 Å². The number of thioether (sulfide) groups is 1. The SMILES string of the molecule is Brc1ccc(CNC2CCOC3(CCSC3)C2)o1. The molecule has 3 heterocycles. The summed E-state index contributed by atoms with van der Waals surface area (Å²) in [4.78, 5) is 0. The molecule has 0 aromatic carbocycles. The van der Waals surface area contributed by atoms with Crippen molar-refractivity contribution in [1.82, 2.24) is 5.32 Å². The Labute approximate surface area is 120 Å². The summed E-state index contributed by atoms with van der Waals surface area (Å²) in [5.41, 5.74) is 0.157. The number of rotatable bonds is 3. The van der Waals surface area contributed by atoms with E-state index in [9.17, 15) is 0 Å². The molecule has 2 aliphatic rings. The second-order valence-corrected chi connectivity index (χ2v) is 7.00. The predicted molar refractivity (Wildman–Crippen MR) is 76.9 cm³/mol. The van der Waals surface area contributed by atoms with Gasteiger partial charge in [-0.2, -0.15) is 11.8 Å². The molecular weight excluding hydrogens is 314 g/mol. The first-order valence-electron chi connectivity index (χ1n) is 6.45. The Kier molecular flexibility index (Phi) is 4.03. The monoisotopic (exact) mass is 331 g/mol. The van der Waals surface area contributed by atoms with Gasteiger partial charge in [-0.25, -0.2) is 0 Å². The second kappa shape index (κ2) is 5.57. The molecule has 0 saturated carbocycles. The summed E-state index contributed by atoms with van der Waals surface area (Å²) >= 11 is 5.35. The second-order valence-electron chi connectivity index (χ2n) is 5.11. The van der Waals surface area contributed by atoms with Crippen LogP contribution < -0.4 is 5.32 Å². The molecule has 2 fully saturated rings. The van der Waals surface area contributed by atoms with E-state index in [4.69, 9.17) is 9.15 Å². The zero-order chi connectivity index (χ0) is 12.4. The van der Waals surface area contributed by atoms with Crippen LogP contribution in [0.5, 0.6) is 0 Å². The van der Waals surface area contributed by atoms with Gasteiger partial charge in [0.05, 0.1) is 12.1 Å². The largest absolute Gasteiger partial charge is 0.453 e. The molecule has 0 aliphatic carbocycles. The minimum atomic E-state index is 0.157. The molecule has 100 valence electrons. The molecule has 0 bridgehead atoms. The van der Waals surface area contributed by atoms with Gasteiger partial charge >= 0.3 is 0 Å². The highest BCUT2D eigenvalue weighted by Gasteiger charge is 2.40. The third kappa shape index (κ3) is 2.95. The van der Waals surface area contributed by atoms with Crippen molar-refractivity contribution < 1.29 is 9.15 Å². The first-order valence-corrected chi connectivity index (χ1v) is 8.40. The summed E-state index contributed by atoms with van der Waals surface area (Å²) in [5.74, 6) is 3.40. The number of ether oxygens (including phenoxy) is 1. The maximum absolute atomic E-state index is 6.02. The van der Waals surface area contributed by atoms with Gasteiger partial charge in [0.1, 0.15) is 5.76 Å². The van der Waals surface area contributed by atoms with E-state index in [0.29, 0.717) is 6.04 Å². The summed E-state index contributed by atoms with van der Waals surface area (Å²) in [6, 6.07) is 4.51. The Morgan fingerprint density at radius 3 is 3.17 bits per heavy atom. The predicted octanol–water partition coefficient (Wildman–Crippen LogP) is 3.19. The van der Waals surface area contributed by atoms with Crippen LogP contribution in [0.2, 0.25) is 0 Å². The average Bonchev–Trinajstić information content (AvgIpc) is 2.97. The lowest BCUT2D eigenvalue weighted by atomic mass is 9.90. The van der Waals surface area contributed by atoms with Crippen LogP contribution >= 0.6 is 27.7 Å². The quantitative estimate of drug-likeness (QED) is 0.922. The van der Waals surface area contributed by atoms with Crippen LogP contribution in [-0.4, -0.2) is 29.8 Å². The molecule has 0 amide bonds. The van der Waals surface area contributed by atoms with E-state index in [1.165, 1.54) is 12.2 Å². The minimum absolute atomic E-state index is 0.157. The summed E-state index contributed by atoms with van der Waals surface area (Å²) in [5, 5.41) is 3.60. The van der Waals surface area contributed by atoms with Crippen molar-refractivity contribution in [1.29, 1.82) is 0 Å². The molecule has 1 aromatic rings. The first kappa shape index (κ1) is 13.0. The van der Waals surface area contributed by atoms with Crippen LogP contribution in [0.1, 0.15) is 25.0 Å². The van der Waals surface area contributed by atoms with E-state index in [0.717, 1.165) is 42.2 Å². The average molecular weight is 332 g/mol. The van der Waals surface area contributed by atoms with Gasteiger partial charge in [0, 0.05) is 18.4 Å². The molecule has 1 aromatic heterocycles. The van der Waals surface area contributed by atoms with Gasteiger partial charge in [-0.15, -0.1) is 0 Å². The van der Waals surface area contributed by atoms with Crippen molar-refractivity contribution in [3.05, 3.63) is 22.6 Å². The zero-order valence-electron chi connectivity index (χ0n) is 10.3. The molecule has 3 nitrogen and oxygen atoms in total. The normalized spacial score (nSPS) is 32.2. The van der Waals surface area contributed by atoms with E-state index in [-0.39, 0.29) is 5.60 Å². The number of hydrogen-bond acceptors (Lipinski definition) is 4. The highest BCUT2D eigenvalue weighted by Crippen LogP contribution is 2.38. The van der Waals surface area contributed by atoms with Gasteiger partial charge in [0.25, 0.3) is 0 Å². The van der Waals surface area contributed by atoms with E-state index >= 15 is 0 Å². The van der Waals surface area contributed by atoms with Gasteiger partial charge in [-0.05, 0) is 53.1 Å². The molecule has 0 radical (unpaired) electrons. The Morgan fingerprint density at radius 2 is 2.44 bits per heavy atom. The van der Waals surface area contributed by atoms with Crippen molar-refractivity contribution in [2.24, 2.45) is 0 Å². The Hall–Kier alpha value is 0.0300. The standard InChI is InChI=1S/C13H18BrNO2S/c14-12-2-1-11(17-12)8-15-10-3-5-16-13(7-10)4-6-18-9-13/h1-2,10,15H,3-9H2. The fourth-order valence-corrected chi connectivity index (χ4v) is 4.48. The highest BCUT2D eigenvalue weighted by molar-refractivity contribution is 9.10. The molecule has 1 spiro atoms. The van der Waals surface area contributed by atoms with E-state index in [1.807, 2.05) is 23.9 Å². The third-order valence-electron chi connectivity index (χ3n) is 3.75. The smallest absolute Gasteiger partial charge is 0.169 e. The van der Waals surface area contributed by atoms with Gasteiger partial charge in [0.15, 0.2) is 4.67 Å². The van der Waals surface area contributed by atoms with Crippen molar-refractivity contribution in [3.63, 3.8) is 0 Å². The Balaban J connectivity index is 1.53. The van der Waals surface area contributed by atoms with E-state index < -0.39 is 0 Å². The third-order valence-corrected chi connectivity index (χ3v) is 5.40. The number of hydrogen-bond donors (Lipinski definition) is 1. The zero-order valence-corrected chi connectivity index (χ0v) is 12.7. The van der Waals surface area contributed by atoms with Crippen molar-refractivity contribution in [2.75, 3.05) is 18.1 Å². The molecular formula is C13H18BrNO2S. The van der Waals surface area contributed by atoms with Crippen LogP contribution in [0.25, 0.3) is 0 Å². The Bertz CT molecular complexity index is 403. The molecule has 2 unspecified atom stereocenters. The number of nitrogens with one attached hydrogen (secondary N) is 1. The molecule has 2 atom stereocenters. The number of furan rings is 1. The topological polar surface area (TPSA) is 34.4 Å². The summed E-state index contributed by atoms with van der Waals surface area (Å²) in [6.07, 6.45) is 3.46. The summed E-state index contributed by atoms with van der Waals surface area (Å²) < 4.78 is 12.3. The van der Waals surface area contributed by atoms with Gasteiger partial charge in [0.2, 0.25) is 0 Å². The summed E-state index contributed by atoms with van der Waals surface area (Å²) in [6.45, 7) is 1.69. The Morgan fingerprint density at radius 1 is 1.50 bits per heavy atom.